The zero-order chi connectivity index (χ0) is 19.9. The minimum atomic E-state index is -4.54. The summed E-state index contributed by atoms with van der Waals surface area (Å²) in [5, 5.41) is 19.8. The lowest BCUT2D eigenvalue weighted by Gasteiger charge is -2.15. The van der Waals surface area contributed by atoms with Gasteiger partial charge in [-0.05, 0) is 30.7 Å². The summed E-state index contributed by atoms with van der Waals surface area (Å²) in [6.45, 7) is 1.48. The van der Waals surface area contributed by atoms with Crippen LogP contribution in [0.1, 0.15) is 21.5 Å². The number of hydrogen-bond donors (Lipinski definition) is 2. The van der Waals surface area contributed by atoms with Gasteiger partial charge < -0.3 is 14.9 Å². The molecule has 8 heteroatoms. The van der Waals surface area contributed by atoms with Gasteiger partial charge in [0.25, 0.3) is 0 Å². The Bertz CT molecular complexity index is 1060. The summed E-state index contributed by atoms with van der Waals surface area (Å²) in [6.07, 6.45) is -4.54. The summed E-state index contributed by atoms with van der Waals surface area (Å²) in [5.41, 5.74) is -0.426. The summed E-state index contributed by atoms with van der Waals surface area (Å²) in [5.74, 6) is -1.45. The molecule has 0 amide bonds. The highest BCUT2D eigenvalue weighted by Gasteiger charge is 2.31. The molecule has 0 aliphatic heterocycles. The second kappa shape index (κ2) is 6.46. The molecule has 0 saturated heterocycles. The Hall–Kier alpha value is -3.29. The number of aromatic carboxylic acids is 1. The van der Waals surface area contributed by atoms with Crippen LogP contribution in [0.2, 0.25) is 0 Å². The lowest BCUT2D eigenvalue weighted by atomic mass is 9.96. The van der Waals surface area contributed by atoms with Crippen molar-refractivity contribution in [2.45, 2.75) is 13.1 Å². The number of halogens is 3. The maximum absolute atomic E-state index is 13.0. The second-order valence-electron chi connectivity index (χ2n) is 5.89. The molecule has 0 aliphatic carbocycles. The van der Waals surface area contributed by atoms with Crippen LogP contribution in [0.25, 0.3) is 22.2 Å². The Morgan fingerprint density at radius 2 is 1.89 bits per heavy atom. The maximum Gasteiger partial charge on any atom is 0.416 e. The Kier molecular flexibility index (Phi) is 4.43. The summed E-state index contributed by atoms with van der Waals surface area (Å²) < 4.78 is 44.1. The molecule has 0 atom stereocenters. The molecule has 5 nitrogen and oxygen atoms in total. The van der Waals surface area contributed by atoms with Crippen LogP contribution >= 0.6 is 0 Å². The summed E-state index contributed by atoms with van der Waals surface area (Å²) >= 11 is 0. The SMILES string of the molecule is COc1cc2c(C(=O)O)c(C)c(-c3cccc(C(F)(F)F)c3)nc2cc1O. The number of pyridine rings is 1. The molecule has 0 saturated carbocycles. The number of aromatic nitrogens is 1. The van der Waals surface area contributed by atoms with Gasteiger partial charge in [-0.15, -0.1) is 0 Å². The summed E-state index contributed by atoms with van der Waals surface area (Å²) in [7, 11) is 1.32. The molecule has 2 N–H and O–H groups in total. The molecule has 3 rings (SSSR count). The minimum absolute atomic E-state index is 0.0676. The van der Waals surface area contributed by atoms with Crippen LogP contribution in [0, 0.1) is 6.92 Å². The maximum atomic E-state index is 13.0. The molecule has 0 bridgehead atoms. The van der Waals surface area contributed by atoms with Crippen molar-refractivity contribution < 1.29 is 32.9 Å². The van der Waals surface area contributed by atoms with Crippen LogP contribution in [-0.4, -0.2) is 28.3 Å². The summed E-state index contributed by atoms with van der Waals surface area (Å²) in [6, 6.07) is 7.05. The van der Waals surface area contributed by atoms with Crippen LogP contribution < -0.4 is 4.74 Å². The number of carbonyl (C=O) groups is 1. The van der Waals surface area contributed by atoms with Gasteiger partial charge in [-0.3, -0.25) is 0 Å². The Balaban J connectivity index is 2.35. The van der Waals surface area contributed by atoms with Crippen LogP contribution in [0.5, 0.6) is 11.5 Å². The smallest absolute Gasteiger partial charge is 0.416 e. The number of phenolic OH excluding ortho intramolecular Hbond substituents is 1. The molecule has 140 valence electrons. The molecule has 0 unspecified atom stereocenters. The molecular formula is C19H14F3NO4. The molecule has 1 heterocycles. The highest BCUT2D eigenvalue weighted by Crippen LogP contribution is 2.37. The predicted molar refractivity (Wildman–Crippen MR) is 92.1 cm³/mol. The van der Waals surface area contributed by atoms with Crippen molar-refractivity contribution in [1.82, 2.24) is 4.98 Å². The third kappa shape index (κ3) is 3.25. The Morgan fingerprint density at radius 3 is 2.48 bits per heavy atom. The number of benzene rings is 2. The Morgan fingerprint density at radius 1 is 1.19 bits per heavy atom. The number of fused-ring (bicyclic) bond motifs is 1. The number of aromatic hydroxyl groups is 1. The van der Waals surface area contributed by atoms with Gasteiger partial charge in [0, 0.05) is 17.0 Å². The van der Waals surface area contributed by atoms with E-state index in [2.05, 4.69) is 4.98 Å². The first-order chi connectivity index (χ1) is 12.6. The fourth-order valence-electron chi connectivity index (χ4n) is 2.94. The zero-order valence-corrected chi connectivity index (χ0v) is 14.3. The lowest BCUT2D eigenvalue weighted by molar-refractivity contribution is -0.137. The Labute approximate surface area is 151 Å². The average Bonchev–Trinajstić information content (AvgIpc) is 2.60. The van der Waals surface area contributed by atoms with Gasteiger partial charge in [-0.25, -0.2) is 9.78 Å². The first-order valence-electron chi connectivity index (χ1n) is 7.75. The van der Waals surface area contributed by atoms with E-state index in [1.165, 1.54) is 38.3 Å². The van der Waals surface area contributed by atoms with Crippen molar-refractivity contribution in [3.63, 3.8) is 0 Å². The molecule has 3 aromatic rings. The number of carboxylic acids is 1. The number of nitrogens with zero attached hydrogens (tertiary/aromatic N) is 1. The largest absolute Gasteiger partial charge is 0.504 e. The highest BCUT2D eigenvalue weighted by atomic mass is 19.4. The van der Waals surface area contributed by atoms with Crippen molar-refractivity contribution in [3.05, 3.63) is 53.1 Å². The quantitative estimate of drug-likeness (QED) is 0.695. The number of phenols is 1. The van der Waals surface area contributed by atoms with Gasteiger partial charge >= 0.3 is 12.1 Å². The van der Waals surface area contributed by atoms with Gasteiger partial charge in [-0.1, -0.05) is 12.1 Å². The van der Waals surface area contributed by atoms with Crippen LogP contribution in [0.3, 0.4) is 0 Å². The second-order valence-corrected chi connectivity index (χ2v) is 5.89. The zero-order valence-electron chi connectivity index (χ0n) is 14.3. The summed E-state index contributed by atoms with van der Waals surface area (Å²) in [4.78, 5) is 16.1. The topological polar surface area (TPSA) is 79.7 Å². The molecule has 0 spiro atoms. The molecule has 2 aromatic carbocycles. The fourth-order valence-corrected chi connectivity index (χ4v) is 2.94. The molecule has 1 aromatic heterocycles. The predicted octanol–water partition coefficient (Wildman–Crippen LogP) is 4.64. The van der Waals surface area contributed by atoms with E-state index in [-0.39, 0.29) is 44.8 Å². The fraction of sp³-hybridized carbons (Fsp3) is 0.158. The molecule has 0 fully saturated rings. The van der Waals surface area contributed by atoms with E-state index in [1.54, 1.807) is 0 Å². The van der Waals surface area contributed by atoms with Crippen LogP contribution in [0.15, 0.2) is 36.4 Å². The van der Waals surface area contributed by atoms with Crippen LogP contribution in [-0.2, 0) is 6.18 Å². The van der Waals surface area contributed by atoms with Crippen molar-refractivity contribution >= 4 is 16.9 Å². The highest BCUT2D eigenvalue weighted by molar-refractivity contribution is 6.06. The van der Waals surface area contributed by atoms with E-state index in [1.807, 2.05) is 0 Å². The molecule has 0 radical (unpaired) electrons. The number of ether oxygens (including phenoxy) is 1. The van der Waals surface area contributed by atoms with E-state index in [9.17, 15) is 28.2 Å². The van der Waals surface area contributed by atoms with Crippen molar-refractivity contribution in [1.29, 1.82) is 0 Å². The van der Waals surface area contributed by atoms with Crippen molar-refractivity contribution in [2.24, 2.45) is 0 Å². The molecule has 27 heavy (non-hydrogen) atoms. The van der Waals surface area contributed by atoms with Gasteiger partial charge in [0.05, 0.1) is 29.4 Å². The van der Waals surface area contributed by atoms with Gasteiger partial charge in [0.1, 0.15) is 0 Å². The lowest BCUT2D eigenvalue weighted by Crippen LogP contribution is -2.07. The average molecular weight is 377 g/mol. The number of carboxylic acid groups (broad SMARTS) is 1. The van der Waals surface area contributed by atoms with E-state index >= 15 is 0 Å². The third-order valence-electron chi connectivity index (χ3n) is 4.21. The monoisotopic (exact) mass is 377 g/mol. The van der Waals surface area contributed by atoms with E-state index in [0.717, 1.165) is 12.1 Å². The van der Waals surface area contributed by atoms with Gasteiger partial charge in [0.15, 0.2) is 11.5 Å². The number of hydrogen-bond acceptors (Lipinski definition) is 4. The standard InChI is InChI=1S/C19H14F3NO4/c1-9-16(18(25)26)12-7-15(27-2)14(24)8-13(12)23-17(9)10-4-3-5-11(6-10)19(20,21)22/h3-8,24H,1-2H3,(H,25,26). The van der Waals surface area contributed by atoms with Gasteiger partial charge in [0.2, 0.25) is 0 Å². The van der Waals surface area contributed by atoms with Crippen molar-refractivity contribution in [2.75, 3.05) is 7.11 Å². The van der Waals surface area contributed by atoms with E-state index in [4.69, 9.17) is 4.74 Å². The molecular weight excluding hydrogens is 363 g/mol. The molecule has 0 aliphatic rings. The third-order valence-corrected chi connectivity index (χ3v) is 4.21. The van der Waals surface area contributed by atoms with E-state index in [0.29, 0.717) is 0 Å². The number of rotatable bonds is 3. The first-order valence-corrected chi connectivity index (χ1v) is 7.75. The first kappa shape index (κ1) is 18.5. The number of methoxy groups -OCH3 is 1. The van der Waals surface area contributed by atoms with E-state index < -0.39 is 17.7 Å². The van der Waals surface area contributed by atoms with Crippen LogP contribution in [0.4, 0.5) is 13.2 Å². The normalized spacial score (nSPS) is 11.6. The van der Waals surface area contributed by atoms with Gasteiger partial charge in [-0.2, -0.15) is 13.2 Å². The number of alkyl halides is 3. The van der Waals surface area contributed by atoms with Crippen molar-refractivity contribution in [3.8, 4) is 22.8 Å². The minimum Gasteiger partial charge on any atom is -0.504 e.